The van der Waals surface area contributed by atoms with Crippen molar-refractivity contribution in [3.8, 4) is 0 Å². The van der Waals surface area contributed by atoms with Crippen molar-refractivity contribution >= 4 is 32.7 Å². The summed E-state index contributed by atoms with van der Waals surface area (Å²) in [7, 11) is 0. The fourth-order valence-electron chi connectivity index (χ4n) is 0. The fourth-order valence-corrected chi connectivity index (χ4v) is 0. The molecular formula is CH4BiO2ZnZr-. The Hall–Kier alpha value is 1.86. The Morgan fingerprint density at radius 3 is 1.50 bits per heavy atom. The molecule has 5 heteroatoms. The molecule has 0 aliphatic rings. The minimum atomic E-state index is 0. The van der Waals surface area contributed by atoms with Gasteiger partial charge in [-0.15, -0.1) is 0 Å². The summed E-state index contributed by atoms with van der Waals surface area (Å²) >= 11 is 0. The van der Waals surface area contributed by atoms with Gasteiger partial charge in [-0.2, -0.15) is 0 Å². The Morgan fingerprint density at radius 1 is 1.50 bits per heavy atom. The van der Waals surface area contributed by atoms with Crippen molar-refractivity contribution in [1.29, 1.82) is 0 Å². The molecule has 0 saturated heterocycles. The summed E-state index contributed by atoms with van der Waals surface area (Å²) in [6.45, 7) is 0.500. The van der Waals surface area contributed by atoms with E-state index in [0.29, 0.717) is 6.47 Å². The van der Waals surface area contributed by atoms with Gasteiger partial charge in [0.15, 0.2) is 0 Å². The van der Waals surface area contributed by atoms with E-state index >= 15 is 0 Å². The van der Waals surface area contributed by atoms with Gasteiger partial charge in [-0.25, -0.2) is 0 Å². The average Bonchev–Trinajstić information content (AvgIpc) is 0.918. The molecule has 0 heterocycles. The molecule has 0 rings (SSSR count). The van der Waals surface area contributed by atoms with Gasteiger partial charge in [-0.3, -0.25) is 0 Å². The largest absolute Gasteiger partial charge is 0 e. The summed E-state index contributed by atoms with van der Waals surface area (Å²) in [5.41, 5.74) is 0. The van der Waals surface area contributed by atoms with Crippen molar-refractivity contribution in [3.05, 3.63) is 0 Å². The van der Waals surface area contributed by atoms with E-state index in [1.54, 1.807) is 0 Å². The van der Waals surface area contributed by atoms with Crippen LogP contribution in [-0.2, 0) is 50.5 Å². The number of hydrogen-bond acceptors (Lipinski definition) is 1. The van der Waals surface area contributed by atoms with Crippen LogP contribution >= 0.6 is 0 Å². The zero-order valence-electron chi connectivity index (χ0n) is 3.27. The van der Waals surface area contributed by atoms with Gasteiger partial charge in [-0.05, 0) is 0 Å². The molecule has 0 radical (unpaired) electrons. The maximum Gasteiger partial charge on any atom is 0 e. The van der Waals surface area contributed by atoms with Crippen LogP contribution < -0.4 is 0 Å². The van der Waals surface area contributed by atoms with E-state index in [1.807, 2.05) is 0 Å². The van der Waals surface area contributed by atoms with Crippen LogP contribution in [0.1, 0.15) is 0 Å². The van der Waals surface area contributed by atoms with Crippen molar-refractivity contribution in [2.45, 2.75) is 0 Å². The number of hydrogen-bond donors (Lipinski definition) is 1. The Bertz CT molecular complexity index is 21.0. The maximum absolute atomic E-state index is 8.24. The van der Waals surface area contributed by atoms with Crippen molar-refractivity contribution in [1.82, 2.24) is 0 Å². The smallest absolute Gasteiger partial charge is 0 e. The van der Waals surface area contributed by atoms with Crippen LogP contribution in [0.4, 0.5) is 0 Å². The van der Waals surface area contributed by atoms with Gasteiger partial charge >= 0.3 is 26.2 Å². The zero-order chi connectivity index (χ0) is 2.71. The van der Waals surface area contributed by atoms with Gasteiger partial charge < -0.3 is 9.90 Å². The van der Waals surface area contributed by atoms with Crippen LogP contribution in [0, 0.1) is 0 Å². The second-order valence-corrected chi connectivity index (χ2v) is 0.0913. The van der Waals surface area contributed by atoms with Crippen molar-refractivity contribution in [2.75, 3.05) is 0 Å². The normalized spacial score (nSPS) is 2.00. The molecule has 0 atom stereocenters. The van der Waals surface area contributed by atoms with Gasteiger partial charge in [0.2, 0.25) is 0 Å². The molecule has 0 unspecified atom stereocenters. The third-order valence-electron chi connectivity index (χ3n) is 0. The van der Waals surface area contributed by atoms with Crippen molar-refractivity contribution in [3.63, 3.8) is 0 Å². The second-order valence-electron chi connectivity index (χ2n) is 0.0913. The molecule has 32 valence electrons. The Balaban J connectivity index is -0.00000000667. The first-order valence-electron chi connectivity index (χ1n) is 0.428. The predicted molar refractivity (Wildman–Crippen MR) is 18.3 cm³/mol. The monoisotopic (exact) mass is 411 g/mol. The van der Waals surface area contributed by atoms with E-state index < -0.39 is 0 Å². The van der Waals surface area contributed by atoms with Crippen LogP contribution in [0.3, 0.4) is 0 Å². The minimum Gasteiger partial charge on any atom is 0 e. The van der Waals surface area contributed by atoms with E-state index in [0.717, 1.165) is 0 Å². The van der Waals surface area contributed by atoms with Crippen LogP contribution in [0.15, 0.2) is 0 Å². The molecule has 0 aliphatic carbocycles. The summed E-state index contributed by atoms with van der Waals surface area (Å²) in [5, 5.41) is 6.76. The van der Waals surface area contributed by atoms with Gasteiger partial charge in [-0.1, -0.05) is 6.47 Å². The van der Waals surface area contributed by atoms with E-state index in [1.165, 1.54) is 0 Å². The van der Waals surface area contributed by atoms with E-state index in [2.05, 4.69) is 0 Å². The molecule has 6 heavy (non-hydrogen) atoms. The zero-order valence-corrected chi connectivity index (χ0v) is 14.2. The second kappa shape index (κ2) is 28.8. The summed E-state index contributed by atoms with van der Waals surface area (Å²) in [4.78, 5) is 8.24. The SMILES string of the molecule is O=[C-]O.[BiH3].[Zn].[Zr]. The standard InChI is InChI=1S/CHO2.Bi.Zn.Zr.3H/c2-1-3;;;;;;/h(H,2,3);;;;;;/q-1;;;;;;. The first-order valence-corrected chi connectivity index (χ1v) is 0.428. The molecule has 0 amide bonds. The average molecular weight is 414 g/mol. The number of aliphatic hydroxyl groups excluding tert-OH is 1. The molecule has 0 spiro atoms. The van der Waals surface area contributed by atoms with Gasteiger partial charge in [0.05, 0.1) is 0 Å². The quantitative estimate of drug-likeness (QED) is 0.385. The third-order valence-corrected chi connectivity index (χ3v) is 0. The molecule has 0 bridgehead atoms. The molecule has 1 N–H and O–H groups in total. The summed E-state index contributed by atoms with van der Waals surface area (Å²) < 4.78 is 0. The summed E-state index contributed by atoms with van der Waals surface area (Å²) in [6, 6.07) is 0. The Labute approximate surface area is 87.1 Å². The molecular weight excluding hydrogens is 410 g/mol. The Morgan fingerprint density at radius 2 is 1.50 bits per heavy atom. The molecule has 2 nitrogen and oxygen atoms in total. The van der Waals surface area contributed by atoms with Crippen molar-refractivity contribution in [2.24, 2.45) is 0 Å². The van der Waals surface area contributed by atoms with E-state index in [4.69, 9.17) is 9.90 Å². The minimum absolute atomic E-state index is 0. The van der Waals surface area contributed by atoms with Crippen LogP contribution in [0.5, 0.6) is 0 Å². The van der Waals surface area contributed by atoms with Crippen LogP contribution in [0.2, 0.25) is 0 Å². The third kappa shape index (κ3) is 40.0. The molecule has 0 aromatic heterocycles. The summed E-state index contributed by atoms with van der Waals surface area (Å²) in [6.07, 6.45) is 0. The van der Waals surface area contributed by atoms with E-state index in [-0.39, 0.29) is 71.9 Å². The first-order chi connectivity index (χ1) is 1.41. The first kappa shape index (κ1) is 24.8. The van der Waals surface area contributed by atoms with Gasteiger partial charge in [0, 0.05) is 45.7 Å². The summed E-state index contributed by atoms with van der Waals surface area (Å²) in [5.74, 6) is 0. The van der Waals surface area contributed by atoms with Gasteiger partial charge in [0.25, 0.3) is 0 Å². The molecule has 0 aromatic carbocycles. The predicted octanol–water partition coefficient (Wildman–Crippen LogP) is -1.58. The van der Waals surface area contributed by atoms with Crippen LogP contribution in [-0.4, -0.2) is 37.8 Å². The topological polar surface area (TPSA) is 37.3 Å². The Kier molecular flexibility index (Phi) is 119. The molecule has 0 fully saturated rings. The molecule has 0 saturated carbocycles. The number of rotatable bonds is 0. The fraction of sp³-hybridized carbons (Fsp3) is 0. The molecule has 0 aromatic rings. The van der Waals surface area contributed by atoms with E-state index in [9.17, 15) is 0 Å². The van der Waals surface area contributed by atoms with Gasteiger partial charge in [0.1, 0.15) is 0 Å². The maximum atomic E-state index is 8.24. The molecule has 0 aliphatic heterocycles. The van der Waals surface area contributed by atoms with Crippen LogP contribution in [0.25, 0.3) is 0 Å². The van der Waals surface area contributed by atoms with Crippen molar-refractivity contribution < 1.29 is 55.6 Å².